The number of hydrogen-bond acceptors (Lipinski definition) is 0. The summed E-state index contributed by atoms with van der Waals surface area (Å²) in [6, 6.07) is 46.8. The molecule has 1 heteroatoms. The van der Waals surface area contributed by atoms with E-state index in [1.165, 1.54) is 60.8 Å². The van der Waals surface area contributed by atoms with Crippen LogP contribution in [0.1, 0.15) is 33.4 Å². The highest BCUT2D eigenvalue weighted by Gasteiger charge is 2.51. The molecule has 0 bridgehead atoms. The Kier molecular flexibility index (Phi) is 4.36. The van der Waals surface area contributed by atoms with Gasteiger partial charge in [0.25, 0.3) is 0 Å². The maximum atomic E-state index is 6.58. The second-order valence-corrected chi connectivity index (χ2v) is 10.6. The molecule has 1 spiro atoms. The van der Waals surface area contributed by atoms with Crippen molar-refractivity contribution < 1.29 is 0 Å². The van der Waals surface area contributed by atoms with Gasteiger partial charge in [-0.3, -0.25) is 0 Å². The molecule has 0 radical (unpaired) electrons. The van der Waals surface area contributed by atoms with Crippen LogP contribution < -0.4 is 0 Å². The van der Waals surface area contributed by atoms with Crippen molar-refractivity contribution in [2.45, 2.75) is 11.8 Å². The summed E-state index contributed by atoms with van der Waals surface area (Å²) in [7, 11) is 0. The summed E-state index contributed by atoms with van der Waals surface area (Å²) in [6.45, 7) is 0. The average Bonchev–Trinajstić information content (AvgIpc) is 3.40. The Morgan fingerprint density at radius 2 is 1.03 bits per heavy atom. The van der Waals surface area contributed by atoms with Crippen molar-refractivity contribution in [3.8, 4) is 22.3 Å². The minimum Gasteiger partial charge on any atom is -0.0840 e. The first kappa shape index (κ1) is 21.0. The number of fused-ring (bicyclic) bond motifs is 11. The van der Waals surface area contributed by atoms with Crippen molar-refractivity contribution in [3.05, 3.63) is 166 Å². The van der Waals surface area contributed by atoms with Crippen molar-refractivity contribution in [3.63, 3.8) is 0 Å². The van der Waals surface area contributed by atoms with Crippen LogP contribution in [0.2, 0.25) is 5.02 Å². The lowest BCUT2D eigenvalue weighted by Crippen LogP contribution is -2.26. The molecule has 0 aromatic heterocycles. The maximum Gasteiger partial charge on any atom is 0.0725 e. The summed E-state index contributed by atoms with van der Waals surface area (Å²) in [5.41, 5.74) is 13.0. The van der Waals surface area contributed by atoms with Crippen LogP contribution in [0.15, 0.2) is 127 Å². The first-order chi connectivity index (χ1) is 18.2. The van der Waals surface area contributed by atoms with Crippen LogP contribution in [0.5, 0.6) is 0 Å². The first-order valence-electron chi connectivity index (χ1n) is 12.8. The summed E-state index contributed by atoms with van der Waals surface area (Å²) in [4.78, 5) is 0. The molecule has 0 atom stereocenters. The number of rotatable bonds is 2. The fourth-order valence-electron chi connectivity index (χ4n) is 6.84. The molecule has 0 aliphatic heterocycles. The molecule has 0 N–H and O–H groups in total. The summed E-state index contributed by atoms with van der Waals surface area (Å²) >= 11 is 6.58. The third kappa shape index (κ3) is 2.79. The average molecular weight is 491 g/mol. The van der Waals surface area contributed by atoms with Gasteiger partial charge in [-0.05, 0) is 91.0 Å². The normalized spacial score (nSPS) is 13.9. The van der Waals surface area contributed by atoms with E-state index >= 15 is 0 Å². The van der Waals surface area contributed by atoms with E-state index in [0.717, 1.165) is 17.0 Å². The Morgan fingerprint density at radius 3 is 1.76 bits per heavy atom. The van der Waals surface area contributed by atoms with E-state index in [2.05, 4.69) is 115 Å². The molecular weight excluding hydrogens is 468 g/mol. The van der Waals surface area contributed by atoms with Crippen molar-refractivity contribution in [2.24, 2.45) is 0 Å². The van der Waals surface area contributed by atoms with E-state index in [1.54, 1.807) is 0 Å². The van der Waals surface area contributed by atoms with Crippen LogP contribution in [0.4, 0.5) is 0 Å². The molecule has 2 aliphatic carbocycles. The van der Waals surface area contributed by atoms with Crippen LogP contribution in [0.3, 0.4) is 0 Å². The highest BCUT2D eigenvalue weighted by Crippen LogP contribution is 2.63. The molecule has 2 aliphatic rings. The van der Waals surface area contributed by atoms with E-state index in [4.69, 9.17) is 11.6 Å². The minimum absolute atomic E-state index is 0.335. The largest absolute Gasteiger partial charge is 0.0840 e. The fraction of sp³-hybridized carbons (Fsp3) is 0.0556. The third-order valence-electron chi connectivity index (χ3n) is 8.37. The second-order valence-electron chi connectivity index (χ2n) is 10.2. The van der Waals surface area contributed by atoms with Crippen molar-refractivity contribution >= 4 is 22.4 Å². The monoisotopic (exact) mass is 490 g/mol. The molecular formula is C36H23Cl. The van der Waals surface area contributed by atoms with Crippen molar-refractivity contribution in [1.82, 2.24) is 0 Å². The highest BCUT2D eigenvalue weighted by molar-refractivity contribution is 6.31. The van der Waals surface area contributed by atoms with Crippen LogP contribution >= 0.6 is 11.6 Å². The van der Waals surface area contributed by atoms with Gasteiger partial charge in [-0.25, -0.2) is 0 Å². The Balaban J connectivity index is 1.47. The highest BCUT2D eigenvalue weighted by atomic mass is 35.5. The molecule has 174 valence electrons. The molecule has 0 unspecified atom stereocenters. The lowest BCUT2D eigenvalue weighted by Gasteiger charge is -2.31. The van der Waals surface area contributed by atoms with E-state index in [-0.39, 0.29) is 5.41 Å². The summed E-state index contributed by atoms with van der Waals surface area (Å²) in [5.74, 6) is 0. The van der Waals surface area contributed by atoms with E-state index in [1.807, 2.05) is 12.1 Å². The van der Waals surface area contributed by atoms with Gasteiger partial charge in [-0.15, -0.1) is 0 Å². The molecule has 0 fully saturated rings. The second kappa shape index (κ2) is 7.68. The predicted molar refractivity (Wildman–Crippen MR) is 155 cm³/mol. The van der Waals surface area contributed by atoms with Crippen molar-refractivity contribution in [1.29, 1.82) is 0 Å². The summed E-state index contributed by atoms with van der Waals surface area (Å²) in [5, 5.41) is 3.39. The fourth-order valence-corrected chi connectivity index (χ4v) is 7.04. The van der Waals surface area contributed by atoms with Gasteiger partial charge in [0.2, 0.25) is 0 Å². The number of benzene rings is 6. The van der Waals surface area contributed by atoms with Crippen molar-refractivity contribution in [2.75, 3.05) is 0 Å². The SMILES string of the molecule is Clc1ccccc1Cc1ccc2c(c1)C1(c3ccccc3-c3ccccc31)c1cc3ccccc3cc1-2. The van der Waals surface area contributed by atoms with Gasteiger partial charge in [0.1, 0.15) is 0 Å². The lowest BCUT2D eigenvalue weighted by molar-refractivity contribution is 0.793. The summed E-state index contributed by atoms with van der Waals surface area (Å²) < 4.78 is 0. The minimum atomic E-state index is -0.335. The predicted octanol–water partition coefficient (Wildman–Crippen LogP) is 9.43. The van der Waals surface area contributed by atoms with Gasteiger partial charge in [0.15, 0.2) is 0 Å². The van der Waals surface area contributed by atoms with Gasteiger partial charge in [0.05, 0.1) is 5.41 Å². The van der Waals surface area contributed by atoms with E-state index in [0.29, 0.717) is 0 Å². The molecule has 0 nitrogen and oxygen atoms in total. The van der Waals surface area contributed by atoms with E-state index in [9.17, 15) is 0 Å². The van der Waals surface area contributed by atoms with Crippen LogP contribution in [0, 0.1) is 0 Å². The Hall–Kier alpha value is -4.13. The smallest absolute Gasteiger partial charge is 0.0725 e. The third-order valence-corrected chi connectivity index (χ3v) is 8.74. The molecule has 0 heterocycles. The topological polar surface area (TPSA) is 0 Å². The quantitative estimate of drug-likeness (QED) is 0.226. The molecule has 6 aromatic rings. The Morgan fingerprint density at radius 1 is 0.459 bits per heavy atom. The van der Waals surface area contributed by atoms with Crippen LogP contribution in [0.25, 0.3) is 33.0 Å². The lowest BCUT2D eigenvalue weighted by atomic mass is 9.70. The Labute approximate surface area is 221 Å². The maximum absolute atomic E-state index is 6.58. The molecule has 0 saturated carbocycles. The molecule has 6 aromatic carbocycles. The molecule has 8 rings (SSSR count). The first-order valence-corrected chi connectivity index (χ1v) is 13.2. The zero-order valence-electron chi connectivity index (χ0n) is 20.2. The van der Waals surface area contributed by atoms with Crippen LogP contribution in [-0.4, -0.2) is 0 Å². The number of halogens is 1. The van der Waals surface area contributed by atoms with Gasteiger partial charge in [0, 0.05) is 5.02 Å². The van der Waals surface area contributed by atoms with E-state index < -0.39 is 0 Å². The molecule has 0 amide bonds. The van der Waals surface area contributed by atoms with Gasteiger partial charge < -0.3 is 0 Å². The molecule has 0 saturated heterocycles. The molecule has 37 heavy (non-hydrogen) atoms. The standard InChI is InChI=1S/C36H23Cl/c37-35-16-8-3-11-26(35)19-23-17-18-29-30-21-24-9-1-2-10-25(24)22-34(30)36(33(29)20-23)31-14-6-4-12-27(31)28-13-5-7-15-32(28)36/h1-18,20-22H,19H2. The Bertz CT molecular complexity index is 1830. The van der Waals surface area contributed by atoms with Gasteiger partial charge in [-0.2, -0.15) is 0 Å². The zero-order chi connectivity index (χ0) is 24.6. The van der Waals surface area contributed by atoms with Crippen LogP contribution in [-0.2, 0) is 11.8 Å². The zero-order valence-corrected chi connectivity index (χ0v) is 21.0. The van der Waals surface area contributed by atoms with Gasteiger partial charge >= 0.3 is 0 Å². The number of hydrogen-bond donors (Lipinski definition) is 0. The van der Waals surface area contributed by atoms with Gasteiger partial charge in [-0.1, -0.05) is 121 Å². The summed E-state index contributed by atoms with van der Waals surface area (Å²) in [6.07, 6.45) is 0.810.